The lowest BCUT2D eigenvalue weighted by molar-refractivity contribution is -0.147. The van der Waals surface area contributed by atoms with E-state index in [1.807, 2.05) is 0 Å². The Balaban J connectivity index is 2.08. The number of hydrogen-bond donors (Lipinski definition) is 2. The quantitative estimate of drug-likeness (QED) is 0.754. The number of nitrogens with zero attached hydrogens (tertiary/aromatic N) is 2. The summed E-state index contributed by atoms with van der Waals surface area (Å²) in [5.74, 6) is -3.12. The SMILES string of the molecule is CN1C(=O)[C@@H]2C[C@@H](CO)OC[C@]2(c2ccc(F)cc2F)N=C1NC(=O)OC(C)(C)C. The number of ether oxygens (including phenoxy) is 2. The Bertz CT molecular complexity index is 886. The van der Waals surface area contributed by atoms with Crippen LogP contribution in [0.3, 0.4) is 0 Å². The molecule has 0 aliphatic carbocycles. The van der Waals surface area contributed by atoms with Crippen LogP contribution in [0.5, 0.6) is 0 Å². The maximum atomic E-state index is 14.8. The molecule has 0 radical (unpaired) electrons. The number of aliphatic hydroxyl groups is 1. The molecule has 1 aromatic carbocycles. The first-order chi connectivity index (χ1) is 14.0. The van der Waals surface area contributed by atoms with Crippen molar-refractivity contribution in [3.05, 3.63) is 35.4 Å². The van der Waals surface area contributed by atoms with Gasteiger partial charge < -0.3 is 14.6 Å². The van der Waals surface area contributed by atoms with Gasteiger partial charge in [-0.1, -0.05) is 6.07 Å². The van der Waals surface area contributed by atoms with Crippen LogP contribution in [0.1, 0.15) is 32.8 Å². The fourth-order valence-electron chi connectivity index (χ4n) is 3.69. The minimum Gasteiger partial charge on any atom is -0.444 e. The number of fused-ring (bicyclic) bond motifs is 1. The highest BCUT2D eigenvalue weighted by molar-refractivity contribution is 6.05. The van der Waals surface area contributed by atoms with Gasteiger partial charge in [-0.3, -0.25) is 15.0 Å². The highest BCUT2D eigenvalue weighted by atomic mass is 19.1. The van der Waals surface area contributed by atoms with E-state index in [1.54, 1.807) is 20.8 Å². The van der Waals surface area contributed by atoms with Crippen LogP contribution in [-0.4, -0.2) is 59.9 Å². The highest BCUT2D eigenvalue weighted by Crippen LogP contribution is 2.45. The van der Waals surface area contributed by atoms with Gasteiger partial charge in [0.1, 0.15) is 22.8 Å². The fourth-order valence-corrected chi connectivity index (χ4v) is 3.69. The number of benzene rings is 1. The number of carbonyl (C=O) groups is 2. The molecule has 2 N–H and O–H groups in total. The molecule has 0 bridgehead atoms. The highest BCUT2D eigenvalue weighted by Gasteiger charge is 2.55. The van der Waals surface area contributed by atoms with Gasteiger partial charge in [-0.05, 0) is 33.3 Å². The molecule has 8 nitrogen and oxygen atoms in total. The Labute approximate surface area is 172 Å². The van der Waals surface area contributed by atoms with Crippen LogP contribution < -0.4 is 5.32 Å². The number of hydrogen-bond acceptors (Lipinski definition) is 6. The Morgan fingerprint density at radius 3 is 2.73 bits per heavy atom. The van der Waals surface area contributed by atoms with Crippen molar-refractivity contribution < 1.29 is 33.0 Å². The van der Waals surface area contributed by atoms with E-state index < -0.39 is 46.8 Å². The van der Waals surface area contributed by atoms with Crippen molar-refractivity contribution in [1.82, 2.24) is 10.2 Å². The van der Waals surface area contributed by atoms with Crippen LogP contribution in [0.4, 0.5) is 13.6 Å². The lowest BCUT2D eigenvalue weighted by Crippen LogP contribution is -2.61. The second-order valence-electron chi connectivity index (χ2n) is 8.41. The van der Waals surface area contributed by atoms with Gasteiger partial charge in [-0.2, -0.15) is 0 Å². The van der Waals surface area contributed by atoms with Crippen LogP contribution >= 0.6 is 0 Å². The van der Waals surface area contributed by atoms with Crippen molar-refractivity contribution in [3.8, 4) is 0 Å². The third-order valence-corrected chi connectivity index (χ3v) is 5.08. The zero-order chi connectivity index (χ0) is 22.3. The van der Waals surface area contributed by atoms with Crippen LogP contribution in [-0.2, 0) is 19.8 Å². The van der Waals surface area contributed by atoms with Gasteiger partial charge >= 0.3 is 6.09 Å². The van der Waals surface area contributed by atoms with E-state index in [1.165, 1.54) is 13.1 Å². The smallest absolute Gasteiger partial charge is 0.414 e. The fraction of sp³-hybridized carbons (Fsp3) is 0.550. The molecular weight excluding hydrogens is 400 g/mol. The average molecular weight is 425 g/mol. The standard InChI is InChI=1S/C20H25F2N3O5/c1-19(2,3)30-18(28)23-17-24-20(13-6-5-11(21)7-15(13)22)10-29-12(9-26)8-14(20)16(27)25(17)4/h5-7,12,14,26H,8-10H2,1-4H3,(H,23,24,28)/t12-,14-,20+/m0/s1. The van der Waals surface area contributed by atoms with Gasteiger partial charge in [0.2, 0.25) is 11.9 Å². The number of alkyl carbamates (subject to hydrolysis) is 1. The molecule has 2 aliphatic heterocycles. The normalized spacial score (nSPS) is 26.7. The number of rotatable bonds is 2. The Morgan fingerprint density at radius 2 is 2.13 bits per heavy atom. The van der Waals surface area contributed by atoms with Crippen LogP contribution in [0.25, 0.3) is 0 Å². The number of halogens is 2. The predicted octanol–water partition coefficient (Wildman–Crippen LogP) is 1.91. The van der Waals surface area contributed by atoms with E-state index in [4.69, 9.17) is 9.47 Å². The molecule has 3 atom stereocenters. The summed E-state index contributed by atoms with van der Waals surface area (Å²) in [5, 5.41) is 11.9. The molecule has 0 spiro atoms. The van der Waals surface area contributed by atoms with Gasteiger partial charge in [0.15, 0.2) is 0 Å². The van der Waals surface area contributed by atoms with Gasteiger partial charge in [-0.15, -0.1) is 0 Å². The molecule has 2 amide bonds. The summed E-state index contributed by atoms with van der Waals surface area (Å²) in [6.07, 6.45) is -1.38. The van der Waals surface area contributed by atoms with E-state index in [9.17, 15) is 23.5 Å². The molecule has 164 valence electrons. The monoisotopic (exact) mass is 425 g/mol. The molecule has 10 heteroatoms. The van der Waals surface area contributed by atoms with Crippen molar-refractivity contribution in [2.45, 2.75) is 44.4 Å². The molecule has 1 aromatic rings. The molecule has 2 heterocycles. The second kappa shape index (κ2) is 7.92. The summed E-state index contributed by atoms with van der Waals surface area (Å²) in [6.45, 7) is 4.49. The maximum absolute atomic E-state index is 14.8. The van der Waals surface area contributed by atoms with E-state index in [-0.39, 0.29) is 31.2 Å². The summed E-state index contributed by atoms with van der Waals surface area (Å²) in [7, 11) is 1.42. The van der Waals surface area contributed by atoms with Gasteiger partial charge in [-0.25, -0.2) is 18.6 Å². The lowest BCUT2D eigenvalue weighted by Gasteiger charge is -2.47. The first-order valence-corrected chi connectivity index (χ1v) is 9.52. The Kier molecular flexibility index (Phi) is 5.83. The third kappa shape index (κ3) is 4.15. The minimum absolute atomic E-state index is 0.0322. The van der Waals surface area contributed by atoms with Gasteiger partial charge in [0, 0.05) is 18.7 Å². The van der Waals surface area contributed by atoms with E-state index in [0.717, 1.165) is 11.0 Å². The van der Waals surface area contributed by atoms with Crippen LogP contribution in [0.15, 0.2) is 23.2 Å². The molecule has 0 aromatic heterocycles. The molecule has 1 fully saturated rings. The maximum Gasteiger partial charge on any atom is 0.414 e. The first kappa shape index (κ1) is 22.1. The molecule has 2 aliphatic rings. The van der Waals surface area contributed by atoms with Crippen molar-refractivity contribution in [2.75, 3.05) is 20.3 Å². The Hall–Kier alpha value is -2.59. The van der Waals surface area contributed by atoms with Crippen molar-refractivity contribution in [1.29, 1.82) is 0 Å². The summed E-state index contributed by atoms with van der Waals surface area (Å²) in [6, 6.07) is 2.99. The zero-order valence-corrected chi connectivity index (χ0v) is 17.2. The largest absolute Gasteiger partial charge is 0.444 e. The number of nitrogens with one attached hydrogen (secondary N) is 1. The van der Waals surface area contributed by atoms with Crippen molar-refractivity contribution in [2.24, 2.45) is 10.9 Å². The number of aliphatic imine (C=N–C) groups is 1. The van der Waals surface area contributed by atoms with Crippen molar-refractivity contribution >= 4 is 18.0 Å². The second-order valence-corrected chi connectivity index (χ2v) is 8.41. The molecule has 0 saturated carbocycles. The number of aliphatic hydroxyl groups excluding tert-OH is 1. The topological polar surface area (TPSA) is 100 Å². The Morgan fingerprint density at radius 1 is 1.43 bits per heavy atom. The molecule has 1 saturated heterocycles. The summed E-state index contributed by atoms with van der Waals surface area (Å²) in [5.41, 5.74) is -2.35. The average Bonchev–Trinajstić information content (AvgIpc) is 2.64. The zero-order valence-electron chi connectivity index (χ0n) is 17.2. The summed E-state index contributed by atoms with van der Waals surface area (Å²) in [4.78, 5) is 31.1. The van der Waals surface area contributed by atoms with E-state index >= 15 is 0 Å². The third-order valence-electron chi connectivity index (χ3n) is 5.08. The molecular formula is C20H25F2N3O5. The number of carbonyl (C=O) groups excluding carboxylic acids is 2. The molecule has 3 rings (SSSR count). The van der Waals surface area contributed by atoms with Crippen LogP contribution in [0, 0.1) is 17.6 Å². The molecule has 0 unspecified atom stereocenters. The van der Waals surface area contributed by atoms with E-state index in [2.05, 4.69) is 10.3 Å². The number of guanidine groups is 1. The minimum atomic E-state index is -1.53. The first-order valence-electron chi connectivity index (χ1n) is 9.52. The predicted molar refractivity (Wildman–Crippen MR) is 103 cm³/mol. The van der Waals surface area contributed by atoms with Gasteiger partial charge in [0.25, 0.3) is 0 Å². The number of amides is 2. The summed E-state index contributed by atoms with van der Waals surface area (Å²) >= 11 is 0. The van der Waals surface area contributed by atoms with Gasteiger partial charge in [0.05, 0.1) is 25.2 Å². The van der Waals surface area contributed by atoms with E-state index in [0.29, 0.717) is 6.07 Å². The lowest BCUT2D eigenvalue weighted by atomic mass is 9.72. The molecule has 30 heavy (non-hydrogen) atoms. The van der Waals surface area contributed by atoms with Crippen molar-refractivity contribution in [3.63, 3.8) is 0 Å². The van der Waals surface area contributed by atoms with Crippen LogP contribution in [0.2, 0.25) is 0 Å². The summed E-state index contributed by atoms with van der Waals surface area (Å²) < 4.78 is 39.1.